The summed E-state index contributed by atoms with van der Waals surface area (Å²) in [7, 11) is 1.31. The molecular formula is C22H21FN2O5. The van der Waals surface area contributed by atoms with Crippen LogP contribution >= 0.6 is 0 Å². The number of carbonyl (C=O) groups excluding carboxylic acids is 3. The molecule has 0 spiro atoms. The maximum Gasteiger partial charge on any atom is 0.414 e. The number of benzene rings is 2. The number of nitrogens with one attached hydrogen (secondary N) is 1. The molecule has 1 fully saturated rings. The van der Waals surface area contributed by atoms with Gasteiger partial charge in [-0.1, -0.05) is 24.3 Å². The second-order valence-electron chi connectivity index (χ2n) is 6.71. The van der Waals surface area contributed by atoms with Crippen molar-refractivity contribution in [2.75, 3.05) is 25.1 Å². The Kier molecular flexibility index (Phi) is 6.46. The van der Waals surface area contributed by atoms with E-state index in [2.05, 4.69) is 5.32 Å². The number of anilines is 1. The fraction of sp³-hybridized carbons (Fsp3) is 0.227. The molecule has 30 heavy (non-hydrogen) atoms. The van der Waals surface area contributed by atoms with Crippen LogP contribution < -0.4 is 10.2 Å². The van der Waals surface area contributed by atoms with Gasteiger partial charge in [0.25, 0.3) is 0 Å². The van der Waals surface area contributed by atoms with E-state index in [0.717, 1.165) is 0 Å². The first kappa shape index (κ1) is 21.0. The minimum Gasteiger partial charge on any atom is -0.465 e. The largest absolute Gasteiger partial charge is 0.465 e. The number of rotatable bonds is 6. The summed E-state index contributed by atoms with van der Waals surface area (Å²) in [5.41, 5.74) is 1.80. The van der Waals surface area contributed by atoms with Crippen LogP contribution in [0.3, 0.4) is 0 Å². The highest BCUT2D eigenvalue weighted by atomic mass is 19.1. The van der Waals surface area contributed by atoms with E-state index in [-0.39, 0.29) is 19.0 Å². The van der Waals surface area contributed by atoms with E-state index in [0.29, 0.717) is 22.4 Å². The van der Waals surface area contributed by atoms with Crippen LogP contribution in [0.4, 0.5) is 14.9 Å². The molecule has 0 saturated carbocycles. The quantitative estimate of drug-likeness (QED) is 0.582. The Morgan fingerprint density at radius 2 is 2.07 bits per heavy atom. The van der Waals surface area contributed by atoms with Crippen molar-refractivity contribution in [3.63, 3.8) is 0 Å². The molecule has 2 aromatic rings. The van der Waals surface area contributed by atoms with Crippen LogP contribution in [0.15, 0.2) is 42.5 Å². The van der Waals surface area contributed by atoms with Crippen LogP contribution in [0.1, 0.15) is 28.4 Å². The molecule has 1 saturated heterocycles. The predicted molar refractivity (Wildman–Crippen MR) is 109 cm³/mol. The summed E-state index contributed by atoms with van der Waals surface area (Å²) in [6.07, 6.45) is 2.17. The molecule has 0 unspecified atom stereocenters. The third kappa shape index (κ3) is 5.02. The molecule has 7 nitrogen and oxygen atoms in total. The van der Waals surface area contributed by atoms with Crippen molar-refractivity contribution < 1.29 is 28.2 Å². The van der Waals surface area contributed by atoms with Gasteiger partial charge in [0.1, 0.15) is 11.9 Å². The van der Waals surface area contributed by atoms with E-state index in [1.54, 1.807) is 48.6 Å². The molecule has 0 aromatic heterocycles. The summed E-state index contributed by atoms with van der Waals surface area (Å²) in [5.74, 6) is -1.18. The molecule has 0 radical (unpaired) electrons. The number of esters is 1. The number of carbonyl (C=O) groups is 3. The van der Waals surface area contributed by atoms with Gasteiger partial charge in [-0.15, -0.1) is 0 Å². The highest BCUT2D eigenvalue weighted by molar-refractivity contribution is 5.91. The number of hydrogen-bond donors (Lipinski definition) is 1. The second kappa shape index (κ2) is 9.21. The number of hydrogen-bond acceptors (Lipinski definition) is 5. The van der Waals surface area contributed by atoms with E-state index in [1.807, 2.05) is 0 Å². The summed E-state index contributed by atoms with van der Waals surface area (Å²) < 4.78 is 24.5. The second-order valence-corrected chi connectivity index (χ2v) is 6.71. The third-order valence-corrected chi connectivity index (χ3v) is 4.51. The number of ether oxygens (including phenoxy) is 2. The first-order valence-corrected chi connectivity index (χ1v) is 9.26. The molecule has 156 valence electrons. The molecule has 0 bridgehead atoms. The van der Waals surface area contributed by atoms with Gasteiger partial charge in [-0.2, -0.15) is 0 Å². The zero-order valence-electron chi connectivity index (χ0n) is 16.6. The van der Waals surface area contributed by atoms with Crippen molar-refractivity contribution in [3.05, 3.63) is 65.0 Å². The molecule has 1 atom stereocenters. The molecule has 8 heteroatoms. The van der Waals surface area contributed by atoms with Crippen LogP contribution in [-0.4, -0.2) is 44.3 Å². The topological polar surface area (TPSA) is 84.9 Å². The fourth-order valence-electron chi connectivity index (χ4n) is 2.99. The maximum atomic E-state index is 14.6. The summed E-state index contributed by atoms with van der Waals surface area (Å²) in [4.78, 5) is 36.0. The number of nitrogens with zero attached hydrogens (tertiary/aromatic N) is 1. The first-order chi connectivity index (χ1) is 14.4. The summed E-state index contributed by atoms with van der Waals surface area (Å²) in [6.45, 7) is 1.79. The van der Waals surface area contributed by atoms with Gasteiger partial charge < -0.3 is 14.8 Å². The molecule has 0 aliphatic carbocycles. The molecule has 1 heterocycles. The van der Waals surface area contributed by atoms with Crippen LogP contribution in [0.25, 0.3) is 12.2 Å². The van der Waals surface area contributed by atoms with Gasteiger partial charge in [0.05, 0.1) is 31.5 Å². The Morgan fingerprint density at radius 3 is 2.77 bits per heavy atom. The van der Waals surface area contributed by atoms with Crippen molar-refractivity contribution in [1.29, 1.82) is 0 Å². The van der Waals surface area contributed by atoms with Crippen LogP contribution in [0.5, 0.6) is 0 Å². The lowest BCUT2D eigenvalue weighted by atomic mass is 10.1. The van der Waals surface area contributed by atoms with Crippen molar-refractivity contribution >= 4 is 35.8 Å². The maximum absolute atomic E-state index is 14.6. The average Bonchev–Trinajstić information content (AvgIpc) is 3.11. The number of halogens is 1. The Labute approximate surface area is 173 Å². The predicted octanol–water partition coefficient (Wildman–Crippen LogP) is 3.24. The van der Waals surface area contributed by atoms with Crippen molar-refractivity contribution in [2.24, 2.45) is 0 Å². The monoisotopic (exact) mass is 412 g/mol. The molecular weight excluding hydrogens is 391 g/mol. The highest BCUT2D eigenvalue weighted by Gasteiger charge is 2.32. The molecule has 1 N–H and O–H groups in total. The average molecular weight is 412 g/mol. The van der Waals surface area contributed by atoms with Crippen molar-refractivity contribution in [2.45, 2.75) is 13.0 Å². The van der Waals surface area contributed by atoms with Crippen molar-refractivity contribution in [3.8, 4) is 0 Å². The van der Waals surface area contributed by atoms with Gasteiger partial charge >= 0.3 is 12.1 Å². The summed E-state index contributed by atoms with van der Waals surface area (Å²) in [5, 5.41) is 2.59. The lowest BCUT2D eigenvalue weighted by Crippen LogP contribution is -2.33. The lowest BCUT2D eigenvalue weighted by Gasteiger charge is -2.13. The van der Waals surface area contributed by atoms with Gasteiger partial charge in [-0.05, 0) is 35.9 Å². The minimum atomic E-state index is -0.590. The van der Waals surface area contributed by atoms with Gasteiger partial charge in [0.15, 0.2) is 0 Å². The van der Waals surface area contributed by atoms with Gasteiger partial charge in [-0.25, -0.2) is 14.0 Å². The minimum absolute atomic E-state index is 0.200. The Hall–Kier alpha value is -3.68. The molecule has 1 aliphatic rings. The number of cyclic esters (lactones) is 1. The number of amides is 2. The van der Waals surface area contributed by atoms with Gasteiger partial charge in [0.2, 0.25) is 5.91 Å². The van der Waals surface area contributed by atoms with Crippen LogP contribution in [0, 0.1) is 5.82 Å². The SMILES string of the molecule is COC(=O)c1cccc(/C=C/c2ccc(N3C[C@H](CNC(C)=O)OC3=O)cc2F)c1. The van der Waals surface area contributed by atoms with Gasteiger partial charge in [-0.3, -0.25) is 9.69 Å². The van der Waals surface area contributed by atoms with E-state index in [9.17, 15) is 18.8 Å². The third-order valence-electron chi connectivity index (χ3n) is 4.51. The fourth-order valence-corrected chi connectivity index (χ4v) is 2.99. The van der Waals surface area contributed by atoms with Gasteiger partial charge in [0, 0.05) is 12.5 Å². The van der Waals surface area contributed by atoms with E-state index in [4.69, 9.17) is 9.47 Å². The molecule has 2 aromatic carbocycles. The Morgan fingerprint density at radius 1 is 1.27 bits per heavy atom. The standard InChI is InChI=1S/C22H21FN2O5/c1-14(26)24-12-19-13-25(22(28)30-19)18-9-8-16(20(23)11-18)7-6-15-4-3-5-17(10-15)21(27)29-2/h3-11,19H,12-13H2,1-2H3,(H,24,26)/b7-6+/t19-/m0/s1. The Balaban J connectivity index is 1.71. The summed E-state index contributed by atoms with van der Waals surface area (Å²) >= 11 is 0. The smallest absolute Gasteiger partial charge is 0.414 e. The molecule has 1 aliphatic heterocycles. The Bertz CT molecular complexity index is 1000. The lowest BCUT2D eigenvalue weighted by molar-refractivity contribution is -0.119. The summed E-state index contributed by atoms with van der Waals surface area (Å²) in [6, 6.07) is 11.2. The zero-order valence-corrected chi connectivity index (χ0v) is 16.6. The molecule has 2 amide bonds. The first-order valence-electron chi connectivity index (χ1n) is 9.26. The van der Waals surface area contributed by atoms with E-state index < -0.39 is 24.0 Å². The zero-order chi connectivity index (χ0) is 21.7. The molecule has 3 rings (SSSR count). The van der Waals surface area contributed by atoms with Crippen LogP contribution in [-0.2, 0) is 14.3 Å². The van der Waals surface area contributed by atoms with E-state index >= 15 is 0 Å². The van der Waals surface area contributed by atoms with E-state index in [1.165, 1.54) is 25.0 Å². The number of methoxy groups -OCH3 is 1. The van der Waals surface area contributed by atoms with Crippen molar-refractivity contribution in [1.82, 2.24) is 5.32 Å². The van der Waals surface area contributed by atoms with Crippen LogP contribution in [0.2, 0.25) is 0 Å². The highest BCUT2D eigenvalue weighted by Crippen LogP contribution is 2.25. The normalized spacial score (nSPS) is 15.9.